The molecule has 2 rings (SSSR count). The van der Waals surface area contributed by atoms with Crippen molar-refractivity contribution < 1.29 is 4.74 Å². The van der Waals surface area contributed by atoms with Crippen molar-refractivity contribution in [2.75, 3.05) is 0 Å². The number of pyridine rings is 1. The van der Waals surface area contributed by atoms with Crippen LogP contribution >= 0.6 is 34.8 Å². The molecule has 0 atom stereocenters. The third kappa shape index (κ3) is 2.65. The minimum Gasteiger partial charge on any atom is -0.419 e. The smallest absolute Gasteiger partial charge is 0.241 e. The lowest BCUT2D eigenvalue weighted by Gasteiger charge is -2.07. The highest BCUT2D eigenvalue weighted by atomic mass is 35.5. The fraction of sp³-hybridized carbons (Fsp3) is 0.200. The Kier molecular flexibility index (Phi) is 3.47. The molecule has 0 unspecified atom stereocenters. The molecular weight excluding hydrogens is 284 g/mol. The predicted molar refractivity (Wildman–Crippen MR) is 67.3 cm³/mol. The fourth-order valence-electron chi connectivity index (χ4n) is 1.28. The molecule has 7 heteroatoms. The highest BCUT2D eigenvalue weighted by Gasteiger charge is 2.12. The molecule has 0 spiro atoms. The van der Waals surface area contributed by atoms with Crippen LogP contribution in [0.25, 0.3) is 0 Å². The summed E-state index contributed by atoms with van der Waals surface area (Å²) >= 11 is 17.5. The number of halogens is 3. The molecule has 17 heavy (non-hydrogen) atoms. The summed E-state index contributed by atoms with van der Waals surface area (Å²) in [5, 5.41) is 4.85. The van der Waals surface area contributed by atoms with Crippen molar-refractivity contribution in [3.63, 3.8) is 0 Å². The minimum atomic E-state index is 0.143. The number of aromatic nitrogens is 3. The number of nitrogens with zero attached hydrogens (tertiary/aromatic N) is 3. The molecule has 90 valence electrons. The lowest BCUT2D eigenvalue weighted by atomic mass is 10.4. The van der Waals surface area contributed by atoms with Crippen LogP contribution in [0.15, 0.2) is 12.1 Å². The molecule has 0 saturated carbocycles. The number of ether oxygens (including phenoxy) is 1. The molecule has 0 aromatic carbocycles. The highest BCUT2D eigenvalue weighted by Crippen LogP contribution is 2.33. The van der Waals surface area contributed by atoms with E-state index in [1.54, 1.807) is 17.8 Å². The van der Waals surface area contributed by atoms with E-state index in [0.717, 1.165) is 5.69 Å². The van der Waals surface area contributed by atoms with E-state index >= 15 is 0 Å². The van der Waals surface area contributed by atoms with Crippen molar-refractivity contribution in [1.82, 2.24) is 14.8 Å². The first-order chi connectivity index (χ1) is 7.97. The Balaban J connectivity index is 2.36. The second kappa shape index (κ2) is 4.72. The Labute approximate surface area is 113 Å². The summed E-state index contributed by atoms with van der Waals surface area (Å²) in [5.41, 5.74) is 0.832. The van der Waals surface area contributed by atoms with Crippen LogP contribution < -0.4 is 4.74 Å². The number of hydrogen-bond acceptors (Lipinski definition) is 3. The summed E-state index contributed by atoms with van der Waals surface area (Å²) in [6.07, 6.45) is 0. The van der Waals surface area contributed by atoms with Crippen LogP contribution in [0.5, 0.6) is 11.8 Å². The van der Waals surface area contributed by atoms with Gasteiger partial charge in [-0.2, -0.15) is 10.1 Å². The number of rotatable bonds is 2. The maximum atomic E-state index is 5.95. The van der Waals surface area contributed by atoms with E-state index < -0.39 is 0 Å². The maximum absolute atomic E-state index is 5.95. The van der Waals surface area contributed by atoms with Crippen molar-refractivity contribution in [2.45, 2.75) is 6.92 Å². The summed E-state index contributed by atoms with van der Waals surface area (Å²) in [7, 11) is 1.76. The van der Waals surface area contributed by atoms with Gasteiger partial charge >= 0.3 is 0 Å². The third-order valence-electron chi connectivity index (χ3n) is 2.01. The van der Waals surface area contributed by atoms with Crippen LogP contribution in [0.1, 0.15) is 5.69 Å². The van der Waals surface area contributed by atoms with E-state index in [1.165, 1.54) is 6.07 Å². The van der Waals surface area contributed by atoms with Crippen molar-refractivity contribution in [1.29, 1.82) is 0 Å². The summed E-state index contributed by atoms with van der Waals surface area (Å²) in [5.74, 6) is 0.722. The van der Waals surface area contributed by atoms with Gasteiger partial charge in [-0.3, -0.25) is 0 Å². The second-order valence-corrected chi connectivity index (χ2v) is 4.57. The molecule has 0 saturated heterocycles. The standard InChI is InChI=1S/C10H8Cl3N3O/c1-5-3-8(16(2)15-5)17-10-7(12)4-6(11)9(13)14-10/h3-4H,1-2H3. The van der Waals surface area contributed by atoms with Gasteiger partial charge in [0.25, 0.3) is 0 Å². The van der Waals surface area contributed by atoms with E-state index in [0.29, 0.717) is 10.9 Å². The van der Waals surface area contributed by atoms with Crippen molar-refractivity contribution >= 4 is 34.8 Å². The Morgan fingerprint density at radius 2 is 1.88 bits per heavy atom. The molecular formula is C10H8Cl3N3O. The predicted octanol–water partition coefficient (Wildman–Crippen LogP) is 3.88. The monoisotopic (exact) mass is 291 g/mol. The first-order valence-electron chi connectivity index (χ1n) is 4.67. The van der Waals surface area contributed by atoms with Gasteiger partial charge in [-0.15, -0.1) is 0 Å². The average Bonchev–Trinajstić information content (AvgIpc) is 2.54. The average molecular weight is 293 g/mol. The minimum absolute atomic E-state index is 0.143. The number of hydrogen-bond donors (Lipinski definition) is 0. The van der Waals surface area contributed by atoms with E-state index in [-0.39, 0.29) is 16.1 Å². The van der Waals surface area contributed by atoms with Crippen molar-refractivity contribution in [2.24, 2.45) is 7.05 Å². The summed E-state index contributed by atoms with van der Waals surface area (Å²) in [6, 6.07) is 3.25. The molecule has 2 aromatic heterocycles. The van der Waals surface area contributed by atoms with E-state index in [2.05, 4.69) is 10.1 Å². The summed E-state index contributed by atoms with van der Waals surface area (Å²) in [6.45, 7) is 1.86. The van der Waals surface area contributed by atoms with Crippen LogP contribution in [0.2, 0.25) is 15.2 Å². The number of aryl methyl sites for hydroxylation is 2. The zero-order chi connectivity index (χ0) is 12.6. The van der Waals surface area contributed by atoms with Gasteiger partial charge in [0.1, 0.15) is 5.02 Å². The van der Waals surface area contributed by atoms with Gasteiger partial charge in [0, 0.05) is 13.1 Å². The molecule has 4 nitrogen and oxygen atoms in total. The molecule has 0 fully saturated rings. The second-order valence-electron chi connectivity index (χ2n) is 3.40. The molecule has 0 N–H and O–H groups in total. The van der Waals surface area contributed by atoms with Gasteiger partial charge in [0.2, 0.25) is 11.8 Å². The maximum Gasteiger partial charge on any atom is 0.241 e. The molecule has 0 aliphatic heterocycles. The Morgan fingerprint density at radius 1 is 1.18 bits per heavy atom. The topological polar surface area (TPSA) is 39.9 Å². The Hall–Kier alpha value is -0.970. The fourth-order valence-corrected chi connectivity index (χ4v) is 1.81. The Morgan fingerprint density at radius 3 is 2.47 bits per heavy atom. The largest absolute Gasteiger partial charge is 0.419 e. The van der Waals surface area contributed by atoms with Gasteiger partial charge in [-0.1, -0.05) is 34.8 Å². The SMILES string of the molecule is Cc1cc(Oc2nc(Cl)c(Cl)cc2Cl)n(C)n1. The summed E-state index contributed by atoms with van der Waals surface area (Å²) < 4.78 is 7.09. The van der Waals surface area contributed by atoms with Gasteiger partial charge in [0.05, 0.1) is 10.7 Å². The van der Waals surface area contributed by atoms with E-state index in [4.69, 9.17) is 39.5 Å². The van der Waals surface area contributed by atoms with E-state index in [9.17, 15) is 0 Å². The van der Waals surface area contributed by atoms with Crippen LogP contribution in [0.3, 0.4) is 0 Å². The van der Waals surface area contributed by atoms with Crippen LogP contribution in [0.4, 0.5) is 0 Å². The molecule has 2 aromatic rings. The van der Waals surface area contributed by atoms with Crippen molar-refractivity contribution in [3.05, 3.63) is 33.0 Å². The van der Waals surface area contributed by atoms with E-state index in [1.807, 2.05) is 6.92 Å². The molecule has 0 aliphatic rings. The zero-order valence-corrected chi connectivity index (χ0v) is 11.3. The first kappa shape index (κ1) is 12.5. The van der Waals surface area contributed by atoms with Crippen LogP contribution in [0, 0.1) is 6.92 Å². The molecule has 0 bridgehead atoms. The van der Waals surface area contributed by atoms with Crippen LogP contribution in [-0.2, 0) is 7.05 Å². The van der Waals surface area contributed by atoms with Crippen LogP contribution in [-0.4, -0.2) is 14.8 Å². The molecule has 0 amide bonds. The highest BCUT2D eigenvalue weighted by molar-refractivity contribution is 6.42. The van der Waals surface area contributed by atoms with Crippen molar-refractivity contribution in [3.8, 4) is 11.8 Å². The normalized spacial score (nSPS) is 10.6. The molecule has 0 aliphatic carbocycles. The van der Waals surface area contributed by atoms with Gasteiger partial charge in [0.15, 0.2) is 5.15 Å². The van der Waals surface area contributed by atoms with Gasteiger partial charge in [-0.25, -0.2) is 4.68 Å². The lowest BCUT2D eigenvalue weighted by molar-refractivity contribution is 0.416. The summed E-state index contributed by atoms with van der Waals surface area (Å²) in [4.78, 5) is 3.96. The first-order valence-corrected chi connectivity index (χ1v) is 5.81. The molecule has 2 heterocycles. The quantitative estimate of drug-likeness (QED) is 0.789. The Bertz CT molecular complexity index is 568. The zero-order valence-electron chi connectivity index (χ0n) is 9.04. The lowest BCUT2D eigenvalue weighted by Crippen LogP contribution is -1.97. The third-order valence-corrected chi connectivity index (χ3v) is 2.96. The molecule has 0 radical (unpaired) electrons. The van der Waals surface area contributed by atoms with Gasteiger partial charge < -0.3 is 4.74 Å². The van der Waals surface area contributed by atoms with Gasteiger partial charge in [-0.05, 0) is 13.0 Å².